The second-order valence-corrected chi connectivity index (χ2v) is 36.0. The first-order valence-corrected chi connectivity index (χ1v) is 41.5. The molecule has 4 aliphatic heterocycles. The van der Waals surface area contributed by atoms with Crippen LogP contribution in [0.15, 0.2) is 97.1 Å². The fraction of sp³-hybridized carbons (Fsp3) is 0.628. The normalized spacial score (nSPS) is 18.2. The number of nitrogens with one attached hydrogen (secondary N) is 1. The third-order valence-corrected chi connectivity index (χ3v) is 20.6. The average molecular weight is 1780 g/mol. The van der Waals surface area contributed by atoms with Gasteiger partial charge in [0, 0.05) is 121 Å². The first-order valence-electron chi connectivity index (χ1n) is 39.3. The van der Waals surface area contributed by atoms with E-state index >= 15 is 0 Å². The summed E-state index contributed by atoms with van der Waals surface area (Å²) in [6.07, 6.45) is -19.1. The molecule has 692 valence electrons. The first kappa shape index (κ1) is 114. The highest BCUT2D eigenvalue weighted by atomic mass is 27.2. The van der Waals surface area contributed by atoms with Crippen LogP contribution in [0.5, 0.6) is 23.0 Å². The molecule has 3 unspecified atom stereocenters. The van der Waals surface area contributed by atoms with Gasteiger partial charge in [-0.2, -0.15) is 0 Å². The summed E-state index contributed by atoms with van der Waals surface area (Å²) in [6, 6.07) is 21.6. The molecule has 0 radical (unpaired) electrons. The maximum Gasteiger partial charge on any atom is 0.573 e. The van der Waals surface area contributed by atoms with Crippen LogP contribution >= 0.6 is 0 Å². The molecule has 4 aliphatic rings. The zero-order valence-electron chi connectivity index (χ0n) is 72.0. The van der Waals surface area contributed by atoms with Crippen LogP contribution in [0, 0.1) is 23.3 Å². The Kier molecular flexibility index (Phi) is 46.4. The number of aldehydes is 1. The van der Waals surface area contributed by atoms with E-state index in [1.165, 1.54) is 72.8 Å². The lowest BCUT2D eigenvalue weighted by molar-refractivity contribution is -0.275. The van der Waals surface area contributed by atoms with E-state index in [4.69, 9.17) is 37.4 Å². The van der Waals surface area contributed by atoms with Crippen molar-refractivity contribution in [2.75, 3.05) is 78.5 Å². The van der Waals surface area contributed by atoms with Crippen LogP contribution in [0.1, 0.15) is 213 Å². The summed E-state index contributed by atoms with van der Waals surface area (Å²) >= 11 is -0.866. The zero-order valence-corrected chi connectivity index (χ0v) is 73.1. The molecule has 0 saturated carbocycles. The molecule has 4 heterocycles. The largest absolute Gasteiger partial charge is 0.573 e. The maximum atomic E-state index is 12.4. The van der Waals surface area contributed by atoms with Crippen LogP contribution in [0.2, 0.25) is 10.6 Å². The smallest absolute Gasteiger partial charge is 0.444 e. The SMILES string of the molecule is C.C.C.CCC(c1ccc(OC(F)(F)F)cc1)N1CCN(C(=O)OC(C)(C)C)C[C@@H]1C.C[C@H]1CN(C(=O)OC(C)(C)C)CCN1.C[CH2][Al]([C]#N)[CH2]C.O=Cc1ccc(OC(F)(F)F)cc1.[C-]#[N+]C(CC)(c1ccc(OC(F)(F)F)cc1)N1CCN(C(=O)OC(C)(C)C)C[C@@H]1C.[C-]#[N+]C(c1ccc(OC(F)(F)F)cc1)N1CCN(C(=O)OC(C)(C)C)C[C@@H]1C. The maximum absolute atomic E-state index is 12.4. The van der Waals surface area contributed by atoms with E-state index in [1.807, 2.05) is 86.0 Å². The van der Waals surface area contributed by atoms with Gasteiger partial charge in [-0.3, -0.25) is 19.4 Å². The number of hydrogen-bond donors (Lipinski definition) is 1. The summed E-state index contributed by atoms with van der Waals surface area (Å²) in [4.78, 5) is 81.5. The van der Waals surface area contributed by atoms with Gasteiger partial charge in [0.25, 0.3) is 0 Å². The highest BCUT2D eigenvalue weighted by Crippen LogP contribution is 2.40. The third-order valence-electron chi connectivity index (χ3n) is 18.2. The number of ether oxygens (including phenoxy) is 8. The van der Waals surface area contributed by atoms with Gasteiger partial charge in [0.15, 0.2) is 0 Å². The number of alkyl halides is 12. The standard InChI is InChI=1S/C21H28F3N3O3.C20H29F3N2O3.C19H24F3N3O3.C10H20N2O2.C8H5F3O2.2C2H5.CN.3CH4.Al/c1-7-20(25-6,16-8-10-17(11-9-16)29-21(22,23)24)27-13-12-26(14-15(27)2)18(28)30-19(3,4)5;1-6-17(15-7-9-16(10-8-15)27-20(21,22)23)25-12-11-24(13-14(25)2)18(26)28-19(3,4)5;1-13-12-24(17(26)28-18(2,3)4)10-11-25(13)16(23-5)14-6-8-15(9-7-14)27-19(20,21)22;1-8-7-12(6-5-11-8)9(13)14-10(2,3)4;9-8(10,11)13-7-3-1-6(5-12)2-4-7;3*1-2;;;;/h8-11,15H,7,12-14H2,1-5H3;7-10,14,17H,6,11-13H2,1-5H3;6-9,13,16H,10-12H2,1-4H3;8,11H,5-7H2,1-4H3;1-5H;2*1H2,2H3;;3*1H4;/t15-,20?;14-,17?;13-,16?;8-;;;;;;;;/m0000......../s1. The molecule has 0 aliphatic carbocycles. The summed E-state index contributed by atoms with van der Waals surface area (Å²) in [5.41, 5.74) is -0.776. The molecule has 8 rings (SSSR count). The van der Waals surface area contributed by atoms with Crippen molar-refractivity contribution in [1.82, 2.24) is 39.6 Å². The van der Waals surface area contributed by atoms with Gasteiger partial charge in [0.1, 0.15) is 51.7 Å². The fourth-order valence-electron chi connectivity index (χ4n) is 12.8. The number of nitrogens with zero attached hydrogens (tertiary/aromatic N) is 10. The van der Waals surface area contributed by atoms with Crippen molar-refractivity contribution in [3.8, 4) is 27.9 Å². The Bertz CT molecular complexity index is 3950. The lowest BCUT2D eigenvalue weighted by atomic mass is 9.92. The summed E-state index contributed by atoms with van der Waals surface area (Å²) < 4.78 is 183. The minimum Gasteiger partial charge on any atom is -0.444 e. The molecule has 4 fully saturated rings. The van der Waals surface area contributed by atoms with Gasteiger partial charge >= 0.3 is 75.8 Å². The van der Waals surface area contributed by atoms with E-state index < -0.39 is 86.0 Å². The minimum absolute atomic E-state index is 0. The van der Waals surface area contributed by atoms with Crippen LogP contribution in [0.3, 0.4) is 0 Å². The van der Waals surface area contributed by atoms with Crippen LogP contribution in [0.25, 0.3) is 9.69 Å². The topological polar surface area (TPSA) is 226 Å². The molecule has 37 heteroatoms. The molecule has 4 amide bonds. The molecular formula is C86H128AlF12N11O13. The van der Waals surface area contributed by atoms with Crippen molar-refractivity contribution in [3.05, 3.63) is 142 Å². The molecule has 4 saturated heterocycles. The lowest BCUT2D eigenvalue weighted by Crippen LogP contribution is -2.60. The summed E-state index contributed by atoms with van der Waals surface area (Å²) in [5.74, 6) is -1.22. The predicted molar refractivity (Wildman–Crippen MR) is 449 cm³/mol. The molecule has 7 atom stereocenters. The van der Waals surface area contributed by atoms with E-state index in [-0.39, 0.29) is 81.6 Å². The quantitative estimate of drug-likeness (QED) is 0.0384. The van der Waals surface area contributed by atoms with E-state index in [0.717, 1.165) is 54.3 Å². The number of carbonyl (C=O) groups is 5. The Labute approximate surface area is 723 Å². The Morgan fingerprint density at radius 1 is 0.480 bits per heavy atom. The van der Waals surface area contributed by atoms with Gasteiger partial charge in [-0.25, -0.2) is 47.4 Å². The molecule has 0 aromatic heterocycles. The van der Waals surface area contributed by atoms with Crippen LogP contribution in [0.4, 0.5) is 71.9 Å². The summed E-state index contributed by atoms with van der Waals surface area (Å²) in [7, 11) is 0. The number of nitriles is 1. The van der Waals surface area contributed by atoms with Crippen molar-refractivity contribution < 1.29 is 115 Å². The molecule has 24 nitrogen and oxygen atoms in total. The zero-order chi connectivity index (χ0) is 91.3. The van der Waals surface area contributed by atoms with E-state index in [0.29, 0.717) is 94.3 Å². The number of amides is 4. The van der Waals surface area contributed by atoms with Crippen molar-refractivity contribution >= 4 is 44.8 Å². The number of benzene rings is 4. The lowest BCUT2D eigenvalue weighted by Gasteiger charge is -2.44. The predicted octanol–water partition coefficient (Wildman–Crippen LogP) is 21.5. The third kappa shape index (κ3) is 41.9. The Morgan fingerprint density at radius 2 is 0.805 bits per heavy atom. The molecule has 0 spiro atoms. The fourth-order valence-corrected chi connectivity index (χ4v) is 13.8. The van der Waals surface area contributed by atoms with Gasteiger partial charge in [-0.15, -0.1) is 52.7 Å². The number of rotatable bonds is 15. The summed E-state index contributed by atoms with van der Waals surface area (Å²) in [6.45, 7) is 60.0. The van der Waals surface area contributed by atoms with Crippen LogP contribution in [-0.4, -0.2) is 230 Å². The van der Waals surface area contributed by atoms with Crippen LogP contribution < -0.4 is 24.3 Å². The van der Waals surface area contributed by atoms with Crippen molar-refractivity contribution in [2.24, 2.45) is 0 Å². The second kappa shape index (κ2) is 50.1. The Balaban J connectivity index is 0.00000152. The second-order valence-electron chi connectivity index (χ2n) is 32.7. The Morgan fingerprint density at radius 3 is 1.08 bits per heavy atom. The number of piperazine rings is 4. The molecule has 4 aromatic rings. The van der Waals surface area contributed by atoms with Crippen molar-refractivity contribution in [1.29, 1.82) is 5.26 Å². The Hall–Kier alpha value is -9.17. The number of halogens is 12. The first-order chi connectivity index (χ1) is 55.3. The molecule has 123 heavy (non-hydrogen) atoms. The van der Waals surface area contributed by atoms with Crippen LogP contribution in [-0.2, 0) is 24.6 Å². The van der Waals surface area contributed by atoms with E-state index in [2.05, 4.69) is 64.6 Å². The van der Waals surface area contributed by atoms with E-state index in [9.17, 15) is 76.7 Å². The van der Waals surface area contributed by atoms with Gasteiger partial charge in [-0.1, -0.05) is 77.6 Å². The monoisotopic (exact) mass is 1780 g/mol. The number of carbonyl (C=O) groups excluding carboxylic acids is 5. The van der Waals surface area contributed by atoms with Crippen molar-refractivity contribution in [2.45, 2.75) is 274 Å². The van der Waals surface area contributed by atoms with Gasteiger partial charge in [0.2, 0.25) is 0 Å². The van der Waals surface area contributed by atoms with Gasteiger partial charge in [0.05, 0.1) is 11.1 Å². The highest BCUT2D eigenvalue weighted by molar-refractivity contribution is 6.66. The summed E-state index contributed by atoms with van der Waals surface area (Å²) in [5, 5.41) is 13.9. The van der Waals surface area contributed by atoms with Gasteiger partial charge in [-0.05, 0) is 208 Å². The number of hydrogen-bond acceptors (Lipinski definition) is 18. The highest BCUT2D eigenvalue weighted by Gasteiger charge is 2.49. The average Bonchev–Trinajstić information content (AvgIpc) is 0.768. The molecular weight excluding hydrogens is 1650 g/mol. The molecule has 0 bridgehead atoms. The minimum atomic E-state index is -4.77. The van der Waals surface area contributed by atoms with E-state index in [1.54, 1.807) is 73.3 Å². The van der Waals surface area contributed by atoms with Gasteiger partial charge < -0.3 is 62.8 Å². The molecule has 4 aromatic carbocycles. The molecule has 1 N–H and O–H groups in total. The van der Waals surface area contributed by atoms with Crippen molar-refractivity contribution in [3.63, 3.8) is 0 Å².